The lowest BCUT2D eigenvalue weighted by Crippen LogP contribution is -2.45. The molecule has 1 aliphatic heterocycles. The fourth-order valence-corrected chi connectivity index (χ4v) is 2.77. The highest BCUT2D eigenvalue weighted by Crippen LogP contribution is 2.21. The third-order valence-electron chi connectivity index (χ3n) is 3.89. The summed E-state index contributed by atoms with van der Waals surface area (Å²) in [5.41, 5.74) is -0.932. The second-order valence-corrected chi connectivity index (χ2v) is 5.16. The lowest BCUT2D eigenvalue weighted by atomic mass is 10.1. The van der Waals surface area contributed by atoms with Gasteiger partial charge < -0.3 is 9.64 Å². The number of ether oxygens (including phenoxy) is 1. The van der Waals surface area contributed by atoms with Crippen LogP contribution in [0.15, 0.2) is 9.59 Å². The van der Waals surface area contributed by atoms with E-state index in [2.05, 4.69) is 0 Å². The summed E-state index contributed by atoms with van der Waals surface area (Å²) in [6.45, 7) is 3.98. The van der Waals surface area contributed by atoms with E-state index in [0.717, 1.165) is 17.4 Å². The number of nitriles is 1. The Morgan fingerprint density at radius 2 is 1.86 bits per heavy atom. The second kappa shape index (κ2) is 6.14. The monoisotopic (exact) mass is 292 g/mol. The van der Waals surface area contributed by atoms with E-state index in [0.29, 0.717) is 25.5 Å². The molecule has 114 valence electrons. The Balaban J connectivity index is 2.40. The zero-order valence-corrected chi connectivity index (χ0v) is 12.6. The molecule has 7 heteroatoms. The standard InChI is InChI=1S/C14H20N4O3/c1-4-21-10-5-7-18(8-6-10)12-11(9-15)13(19)17(3)14(20)16(12)2/h10H,4-8H2,1-3H3. The first-order valence-corrected chi connectivity index (χ1v) is 7.07. The van der Waals surface area contributed by atoms with Crippen molar-refractivity contribution in [2.24, 2.45) is 14.1 Å². The van der Waals surface area contributed by atoms with Crippen molar-refractivity contribution in [3.05, 3.63) is 26.4 Å². The van der Waals surface area contributed by atoms with Crippen molar-refractivity contribution in [1.29, 1.82) is 5.26 Å². The molecule has 0 amide bonds. The maximum atomic E-state index is 12.1. The number of aromatic nitrogens is 2. The van der Waals surface area contributed by atoms with Gasteiger partial charge in [-0.15, -0.1) is 0 Å². The zero-order chi connectivity index (χ0) is 15.6. The summed E-state index contributed by atoms with van der Waals surface area (Å²) in [6, 6.07) is 1.94. The summed E-state index contributed by atoms with van der Waals surface area (Å²) in [4.78, 5) is 26.1. The van der Waals surface area contributed by atoms with E-state index in [1.165, 1.54) is 11.6 Å². The molecule has 0 atom stereocenters. The molecular weight excluding hydrogens is 272 g/mol. The Morgan fingerprint density at radius 3 is 2.38 bits per heavy atom. The lowest BCUT2D eigenvalue weighted by Gasteiger charge is -2.34. The highest BCUT2D eigenvalue weighted by molar-refractivity contribution is 5.53. The van der Waals surface area contributed by atoms with Crippen LogP contribution >= 0.6 is 0 Å². The van der Waals surface area contributed by atoms with E-state index in [1.54, 1.807) is 7.05 Å². The van der Waals surface area contributed by atoms with Gasteiger partial charge in [0.15, 0.2) is 5.56 Å². The minimum Gasteiger partial charge on any atom is -0.378 e. The van der Waals surface area contributed by atoms with Crippen molar-refractivity contribution in [2.45, 2.75) is 25.9 Å². The topological polar surface area (TPSA) is 80.3 Å². The summed E-state index contributed by atoms with van der Waals surface area (Å²) in [6.07, 6.45) is 1.85. The Morgan fingerprint density at radius 1 is 1.24 bits per heavy atom. The van der Waals surface area contributed by atoms with E-state index in [-0.39, 0.29) is 11.7 Å². The highest BCUT2D eigenvalue weighted by atomic mass is 16.5. The molecule has 1 aromatic heterocycles. The van der Waals surface area contributed by atoms with E-state index < -0.39 is 11.2 Å². The van der Waals surface area contributed by atoms with Crippen LogP contribution in [0.4, 0.5) is 5.82 Å². The summed E-state index contributed by atoms with van der Waals surface area (Å²) >= 11 is 0. The Labute approximate surface area is 123 Å². The third kappa shape index (κ3) is 2.72. The fraction of sp³-hybridized carbons (Fsp3) is 0.643. The largest absolute Gasteiger partial charge is 0.378 e. The fourth-order valence-electron chi connectivity index (χ4n) is 2.77. The molecule has 1 aromatic rings. The first kappa shape index (κ1) is 15.3. The number of rotatable bonds is 3. The molecule has 0 spiro atoms. The average molecular weight is 292 g/mol. The van der Waals surface area contributed by atoms with Gasteiger partial charge in [-0.1, -0.05) is 0 Å². The Bertz CT molecular complexity index is 675. The SMILES string of the molecule is CCOC1CCN(c2c(C#N)c(=O)n(C)c(=O)n2C)CC1. The molecule has 7 nitrogen and oxygen atoms in total. The van der Waals surface area contributed by atoms with Crippen LogP contribution in [0.2, 0.25) is 0 Å². The Kier molecular flexibility index (Phi) is 4.48. The van der Waals surface area contributed by atoms with Crippen LogP contribution in [-0.4, -0.2) is 34.9 Å². The van der Waals surface area contributed by atoms with E-state index >= 15 is 0 Å². The maximum absolute atomic E-state index is 12.1. The van der Waals surface area contributed by atoms with Crippen molar-refractivity contribution in [3.8, 4) is 6.07 Å². The smallest absolute Gasteiger partial charge is 0.332 e. The zero-order valence-electron chi connectivity index (χ0n) is 12.6. The van der Waals surface area contributed by atoms with Gasteiger partial charge in [0.2, 0.25) is 0 Å². The predicted molar refractivity (Wildman–Crippen MR) is 78.5 cm³/mol. The molecule has 2 heterocycles. The van der Waals surface area contributed by atoms with Gasteiger partial charge in [0.1, 0.15) is 11.9 Å². The molecule has 0 unspecified atom stereocenters. The number of nitrogens with zero attached hydrogens (tertiary/aromatic N) is 4. The minimum atomic E-state index is -0.539. The third-order valence-corrected chi connectivity index (χ3v) is 3.89. The molecule has 0 aliphatic carbocycles. The predicted octanol–water partition coefficient (Wildman–Crippen LogP) is -0.0390. The number of anilines is 1. The first-order valence-electron chi connectivity index (χ1n) is 7.07. The van der Waals surface area contributed by atoms with Gasteiger partial charge in [0.05, 0.1) is 6.10 Å². The average Bonchev–Trinajstić information content (AvgIpc) is 2.50. The van der Waals surface area contributed by atoms with Gasteiger partial charge in [-0.05, 0) is 19.8 Å². The summed E-state index contributed by atoms with van der Waals surface area (Å²) in [5.74, 6) is 0.417. The highest BCUT2D eigenvalue weighted by Gasteiger charge is 2.25. The van der Waals surface area contributed by atoms with Gasteiger partial charge in [0.25, 0.3) is 5.56 Å². The molecule has 1 aliphatic rings. The minimum absolute atomic E-state index is 0.0226. The second-order valence-electron chi connectivity index (χ2n) is 5.16. The van der Waals surface area contributed by atoms with Crippen molar-refractivity contribution >= 4 is 5.82 Å². The number of piperidine rings is 1. The van der Waals surface area contributed by atoms with Gasteiger partial charge >= 0.3 is 5.69 Å². The summed E-state index contributed by atoms with van der Waals surface area (Å²) in [7, 11) is 2.98. The Hall–Kier alpha value is -2.07. The van der Waals surface area contributed by atoms with Crippen LogP contribution < -0.4 is 16.1 Å². The first-order chi connectivity index (χ1) is 10.0. The molecule has 0 bridgehead atoms. The number of hydrogen-bond donors (Lipinski definition) is 0. The van der Waals surface area contributed by atoms with Crippen molar-refractivity contribution in [3.63, 3.8) is 0 Å². The van der Waals surface area contributed by atoms with Gasteiger partial charge in [-0.25, -0.2) is 4.79 Å². The van der Waals surface area contributed by atoms with Crippen LogP contribution in [-0.2, 0) is 18.8 Å². The van der Waals surface area contributed by atoms with Crippen molar-refractivity contribution in [1.82, 2.24) is 9.13 Å². The molecule has 1 saturated heterocycles. The van der Waals surface area contributed by atoms with Crippen LogP contribution in [0.25, 0.3) is 0 Å². The van der Waals surface area contributed by atoms with Gasteiger partial charge in [-0.3, -0.25) is 13.9 Å². The molecule has 21 heavy (non-hydrogen) atoms. The quantitative estimate of drug-likeness (QED) is 0.781. The van der Waals surface area contributed by atoms with Gasteiger partial charge in [-0.2, -0.15) is 5.26 Å². The maximum Gasteiger partial charge on any atom is 0.332 e. The van der Waals surface area contributed by atoms with Crippen LogP contribution in [0.3, 0.4) is 0 Å². The summed E-state index contributed by atoms with van der Waals surface area (Å²) < 4.78 is 7.94. The molecule has 2 rings (SSSR count). The molecule has 0 N–H and O–H groups in total. The van der Waals surface area contributed by atoms with Crippen LogP contribution in [0.1, 0.15) is 25.3 Å². The summed E-state index contributed by atoms with van der Waals surface area (Å²) in [5, 5.41) is 9.28. The molecule has 0 aromatic carbocycles. The lowest BCUT2D eigenvalue weighted by molar-refractivity contribution is 0.0457. The van der Waals surface area contributed by atoms with Crippen molar-refractivity contribution in [2.75, 3.05) is 24.6 Å². The molecule has 1 fully saturated rings. The van der Waals surface area contributed by atoms with Crippen molar-refractivity contribution < 1.29 is 4.74 Å². The molecule has 0 radical (unpaired) electrons. The van der Waals surface area contributed by atoms with E-state index in [4.69, 9.17) is 4.74 Å². The molecular formula is C14H20N4O3. The van der Waals surface area contributed by atoms with E-state index in [1.807, 2.05) is 17.9 Å². The van der Waals surface area contributed by atoms with Crippen LogP contribution in [0.5, 0.6) is 0 Å². The van der Waals surface area contributed by atoms with Crippen LogP contribution in [0, 0.1) is 11.3 Å². The van der Waals surface area contributed by atoms with Gasteiger partial charge in [0, 0.05) is 33.8 Å². The van der Waals surface area contributed by atoms with E-state index in [9.17, 15) is 14.9 Å². The molecule has 0 saturated carbocycles. The normalized spacial score (nSPS) is 16.0. The number of hydrogen-bond acceptors (Lipinski definition) is 5.